The normalized spacial score (nSPS) is 13.3. The smallest absolute Gasteiger partial charge is 0.208 e. The van der Waals surface area contributed by atoms with E-state index in [1.807, 2.05) is 0 Å². The van der Waals surface area contributed by atoms with Crippen LogP contribution in [-0.4, -0.2) is 6.43 Å². The largest absolute Gasteiger partial charge is 0.258 e. The van der Waals surface area contributed by atoms with Gasteiger partial charge >= 0.3 is 0 Å². The van der Waals surface area contributed by atoms with Crippen molar-refractivity contribution in [2.45, 2.75) is 11.8 Å². The molecule has 0 aliphatic heterocycles. The molecule has 1 aromatic carbocycles. The van der Waals surface area contributed by atoms with Crippen molar-refractivity contribution < 1.29 is 26.3 Å². The standard InChI is InChI=1S/C8H3ClF6/c9-4(8(14)15)2-1-3(10)6(12)7(13)5(2)11/h1,4,8H. The van der Waals surface area contributed by atoms with Crippen LogP contribution in [-0.2, 0) is 0 Å². The van der Waals surface area contributed by atoms with Gasteiger partial charge < -0.3 is 0 Å². The van der Waals surface area contributed by atoms with Crippen molar-refractivity contribution in [3.8, 4) is 0 Å². The van der Waals surface area contributed by atoms with E-state index in [4.69, 9.17) is 11.6 Å². The minimum atomic E-state index is -3.22. The summed E-state index contributed by atoms with van der Waals surface area (Å²) in [5.41, 5.74) is -1.11. The molecule has 0 saturated carbocycles. The molecule has 0 N–H and O–H groups in total. The van der Waals surface area contributed by atoms with E-state index in [0.29, 0.717) is 0 Å². The molecule has 0 spiro atoms. The van der Waals surface area contributed by atoms with E-state index in [1.165, 1.54) is 0 Å². The Balaban J connectivity index is 3.32. The average Bonchev–Trinajstić information content (AvgIpc) is 2.19. The minimum Gasteiger partial charge on any atom is -0.208 e. The lowest BCUT2D eigenvalue weighted by molar-refractivity contribution is 0.141. The van der Waals surface area contributed by atoms with Gasteiger partial charge in [-0.25, -0.2) is 26.3 Å². The molecule has 0 saturated heterocycles. The van der Waals surface area contributed by atoms with Crippen LogP contribution in [0.25, 0.3) is 0 Å². The first-order valence-electron chi connectivity index (χ1n) is 3.61. The van der Waals surface area contributed by atoms with Gasteiger partial charge in [0.05, 0.1) is 0 Å². The van der Waals surface area contributed by atoms with Crippen LogP contribution in [0.15, 0.2) is 6.07 Å². The second-order valence-electron chi connectivity index (χ2n) is 2.63. The van der Waals surface area contributed by atoms with Gasteiger partial charge in [0.1, 0.15) is 5.38 Å². The van der Waals surface area contributed by atoms with Gasteiger partial charge in [0.15, 0.2) is 23.3 Å². The molecule has 7 heteroatoms. The van der Waals surface area contributed by atoms with Crippen LogP contribution < -0.4 is 0 Å². The van der Waals surface area contributed by atoms with E-state index in [1.54, 1.807) is 0 Å². The topological polar surface area (TPSA) is 0 Å². The van der Waals surface area contributed by atoms with Crippen LogP contribution in [0.4, 0.5) is 26.3 Å². The second kappa shape index (κ2) is 4.30. The fraction of sp³-hybridized carbons (Fsp3) is 0.250. The summed E-state index contributed by atoms with van der Waals surface area (Å²) in [6, 6.07) is 0.109. The zero-order chi connectivity index (χ0) is 11.7. The van der Waals surface area contributed by atoms with Crippen molar-refractivity contribution in [3.63, 3.8) is 0 Å². The summed E-state index contributed by atoms with van der Waals surface area (Å²) in [7, 11) is 0. The molecule has 1 atom stereocenters. The molecule has 0 aliphatic carbocycles. The van der Waals surface area contributed by atoms with Crippen molar-refractivity contribution in [2.75, 3.05) is 0 Å². The maximum atomic E-state index is 12.9. The maximum Gasteiger partial charge on any atom is 0.258 e. The van der Waals surface area contributed by atoms with Gasteiger partial charge in [-0.1, -0.05) is 0 Å². The molecular weight excluding hydrogens is 246 g/mol. The molecule has 0 amide bonds. The Morgan fingerprint density at radius 1 is 0.933 bits per heavy atom. The highest BCUT2D eigenvalue weighted by Gasteiger charge is 2.28. The van der Waals surface area contributed by atoms with Crippen molar-refractivity contribution >= 4 is 11.6 Å². The first-order chi connectivity index (χ1) is 6.86. The summed E-state index contributed by atoms with van der Waals surface area (Å²) in [4.78, 5) is 0. The molecule has 0 bridgehead atoms. The fourth-order valence-corrected chi connectivity index (χ4v) is 1.09. The van der Waals surface area contributed by atoms with E-state index in [9.17, 15) is 26.3 Å². The summed E-state index contributed by atoms with van der Waals surface area (Å²) in [5, 5.41) is -2.23. The first-order valence-corrected chi connectivity index (χ1v) is 4.05. The van der Waals surface area contributed by atoms with E-state index < -0.39 is 40.6 Å². The van der Waals surface area contributed by atoms with Gasteiger partial charge in [-0.05, 0) is 6.07 Å². The Morgan fingerprint density at radius 3 is 1.93 bits per heavy atom. The number of hydrogen-bond donors (Lipinski definition) is 0. The molecule has 0 aliphatic rings. The summed E-state index contributed by atoms with van der Waals surface area (Å²) in [5.74, 6) is -7.89. The third kappa shape index (κ3) is 2.19. The summed E-state index contributed by atoms with van der Waals surface area (Å²) >= 11 is 5.00. The third-order valence-electron chi connectivity index (χ3n) is 1.65. The molecule has 0 aromatic heterocycles. The van der Waals surface area contributed by atoms with Crippen molar-refractivity contribution in [1.29, 1.82) is 0 Å². The Labute approximate surface area is 85.5 Å². The Kier molecular flexibility index (Phi) is 3.49. The average molecular weight is 249 g/mol. The second-order valence-corrected chi connectivity index (χ2v) is 3.10. The number of benzene rings is 1. The number of alkyl halides is 3. The Hall–Kier alpha value is -0.910. The molecule has 84 valence electrons. The minimum absolute atomic E-state index is 0.109. The van der Waals surface area contributed by atoms with Gasteiger partial charge in [-0.3, -0.25) is 0 Å². The molecule has 1 aromatic rings. The van der Waals surface area contributed by atoms with Crippen LogP contribution in [0.3, 0.4) is 0 Å². The molecule has 15 heavy (non-hydrogen) atoms. The highest BCUT2D eigenvalue weighted by molar-refractivity contribution is 6.21. The lowest BCUT2D eigenvalue weighted by Crippen LogP contribution is -2.08. The summed E-state index contributed by atoms with van der Waals surface area (Å²) in [6.45, 7) is 0. The van der Waals surface area contributed by atoms with Gasteiger partial charge in [0.25, 0.3) is 6.43 Å². The summed E-state index contributed by atoms with van der Waals surface area (Å²) in [6.07, 6.45) is -3.22. The predicted molar refractivity (Wildman–Crippen MR) is 40.9 cm³/mol. The molecule has 0 fully saturated rings. The van der Waals surface area contributed by atoms with Crippen LogP contribution in [0.5, 0.6) is 0 Å². The van der Waals surface area contributed by atoms with Crippen molar-refractivity contribution in [1.82, 2.24) is 0 Å². The molecule has 0 radical (unpaired) electrons. The van der Waals surface area contributed by atoms with E-state index in [2.05, 4.69) is 0 Å². The van der Waals surface area contributed by atoms with E-state index >= 15 is 0 Å². The van der Waals surface area contributed by atoms with Gasteiger partial charge in [-0.2, -0.15) is 0 Å². The van der Waals surface area contributed by atoms with E-state index in [0.717, 1.165) is 0 Å². The first kappa shape index (κ1) is 12.2. The molecule has 0 heterocycles. The maximum absolute atomic E-state index is 12.9. The number of hydrogen-bond acceptors (Lipinski definition) is 0. The van der Waals surface area contributed by atoms with Gasteiger partial charge in [-0.15, -0.1) is 11.6 Å². The molecule has 0 nitrogen and oxygen atoms in total. The predicted octanol–water partition coefficient (Wildman–Crippen LogP) is 3.79. The Morgan fingerprint density at radius 2 is 1.47 bits per heavy atom. The fourth-order valence-electron chi connectivity index (χ4n) is 0.928. The number of rotatable bonds is 2. The van der Waals surface area contributed by atoms with Crippen LogP contribution in [0.2, 0.25) is 0 Å². The van der Waals surface area contributed by atoms with Gasteiger partial charge in [0.2, 0.25) is 0 Å². The number of halogens is 7. The van der Waals surface area contributed by atoms with Crippen molar-refractivity contribution in [3.05, 3.63) is 34.9 Å². The summed E-state index contributed by atoms with van der Waals surface area (Å²) < 4.78 is 74.5. The highest BCUT2D eigenvalue weighted by atomic mass is 35.5. The molecular formula is C8H3ClF6. The zero-order valence-corrected chi connectivity index (χ0v) is 7.63. The lowest BCUT2D eigenvalue weighted by atomic mass is 10.1. The molecule has 1 rings (SSSR count). The quantitative estimate of drug-likeness (QED) is 0.323. The van der Waals surface area contributed by atoms with Crippen molar-refractivity contribution in [2.24, 2.45) is 0 Å². The SMILES string of the molecule is Fc1cc(C(Cl)C(F)F)c(F)c(F)c1F. The van der Waals surface area contributed by atoms with Crippen LogP contribution in [0.1, 0.15) is 10.9 Å². The highest BCUT2D eigenvalue weighted by Crippen LogP contribution is 2.32. The zero-order valence-electron chi connectivity index (χ0n) is 6.88. The molecule has 1 unspecified atom stereocenters. The van der Waals surface area contributed by atoms with Crippen LogP contribution >= 0.6 is 11.6 Å². The monoisotopic (exact) mass is 248 g/mol. The lowest BCUT2D eigenvalue weighted by Gasteiger charge is -2.10. The van der Waals surface area contributed by atoms with E-state index in [-0.39, 0.29) is 6.07 Å². The van der Waals surface area contributed by atoms with Gasteiger partial charge in [0, 0.05) is 5.56 Å². The Bertz CT molecular complexity index is 378. The third-order valence-corrected chi connectivity index (χ3v) is 2.07. The van der Waals surface area contributed by atoms with Crippen LogP contribution in [0, 0.1) is 23.3 Å².